The van der Waals surface area contributed by atoms with Gasteiger partial charge in [-0.15, -0.1) is 0 Å². The van der Waals surface area contributed by atoms with Crippen LogP contribution in [0.5, 0.6) is 0 Å². The largest absolute Gasteiger partial charge is 0.342 e. The summed E-state index contributed by atoms with van der Waals surface area (Å²) in [6, 6.07) is 0.522. The van der Waals surface area contributed by atoms with Gasteiger partial charge in [0.25, 0.3) is 0 Å². The Labute approximate surface area is 117 Å². The summed E-state index contributed by atoms with van der Waals surface area (Å²) < 4.78 is 0. The first-order valence-electron chi connectivity index (χ1n) is 8.13. The van der Waals surface area contributed by atoms with Gasteiger partial charge in [0.05, 0.1) is 5.92 Å². The smallest absolute Gasteiger partial charge is 0.227 e. The van der Waals surface area contributed by atoms with E-state index in [1.165, 1.54) is 44.9 Å². The predicted octanol–water partition coefficient (Wildman–Crippen LogP) is 2.93. The molecule has 3 unspecified atom stereocenters. The molecule has 1 amide bonds. The lowest BCUT2D eigenvalue weighted by Gasteiger charge is -2.37. The third-order valence-corrected chi connectivity index (χ3v) is 5.33. The molecule has 0 spiro atoms. The van der Waals surface area contributed by atoms with E-state index in [0.717, 1.165) is 12.8 Å². The molecule has 0 saturated heterocycles. The highest BCUT2D eigenvalue weighted by Gasteiger charge is 2.35. The first-order valence-corrected chi connectivity index (χ1v) is 8.13. The molecule has 2 aliphatic carbocycles. The maximum absolute atomic E-state index is 12.7. The Balaban J connectivity index is 1.97. The lowest BCUT2D eigenvalue weighted by atomic mass is 9.77. The zero-order valence-corrected chi connectivity index (χ0v) is 12.6. The fourth-order valence-electron chi connectivity index (χ4n) is 3.82. The van der Waals surface area contributed by atoms with Gasteiger partial charge in [-0.25, -0.2) is 0 Å². The summed E-state index contributed by atoms with van der Waals surface area (Å²) in [5.41, 5.74) is 6.27. The van der Waals surface area contributed by atoms with Crippen LogP contribution in [0.25, 0.3) is 0 Å². The van der Waals surface area contributed by atoms with Crippen LogP contribution in [-0.2, 0) is 4.79 Å². The Kier molecular flexibility index (Phi) is 5.26. The number of hydrogen-bond acceptors (Lipinski definition) is 2. The number of amides is 1. The van der Waals surface area contributed by atoms with Crippen molar-refractivity contribution in [3.8, 4) is 0 Å². The average molecular weight is 266 g/mol. The third kappa shape index (κ3) is 3.50. The number of hydrogen-bond donors (Lipinski definition) is 1. The van der Waals surface area contributed by atoms with E-state index in [-0.39, 0.29) is 12.0 Å². The number of rotatable bonds is 2. The zero-order chi connectivity index (χ0) is 13.8. The molecule has 2 aliphatic rings. The van der Waals surface area contributed by atoms with E-state index in [1.54, 1.807) is 0 Å². The van der Waals surface area contributed by atoms with E-state index in [1.807, 2.05) is 11.9 Å². The van der Waals surface area contributed by atoms with Crippen LogP contribution >= 0.6 is 0 Å². The number of carbonyl (C=O) groups excluding carboxylic acids is 1. The van der Waals surface area contributed by atoms with E-state index in [2.05, 4.69) is 6.92 Å². The summed E-state index contributed by atoms with van der Waals surface area (Å²) in [5.74, 6) is 0.869. The predicted molar refractivity (Wildman–Crippen MR) is 78.7 cm³/mol. The lowest BCUT2D eigenvalue weighted by molar-refractivity contribution is -0.138. The lowest BCUT2D eigenvalue weighted by Crippen LogP contribution is -2.50. The summed E-state index contributed by atoms with van der Waals surface area (Å²) in [5, 5.41) is 0. The molecule has 0 aromatic carbocycles. The molecule has 3 nitrogen and oxygen atoms in total. The summed E-state index contributed by atoms with van der Waals surface area (Å²) in [6.07, 6.45) is 10.9. The molecule has 2 N–H and O–H groups in total. The minimum absolute atomic E-state index is 0.0643. The van der Waals surface area contributed by atoms with Gasteiger partial charge < -0.3 is 10.6 Å². The standard InChI is InChI=1S/C16H30N2O/c1-12-8-7-11-14(15(12)17)16(19)18(2)13-9-5-3-4-6-10-13/h12-15H,3-11,17H2,1-2H3. The number of carbonyl (C=O) groups is 1. The molecule has 110 valence electrons. The van der Waals surface area contributed by atoms with Gasteiger partial charge in [0, 0.05) is 19.1 Å². The third-order valence-electron chi connectivity index (χ3n) is 5.33. The summed E-state index contributed by atoms with van der Waals surface area (Å²) in [7, 11) is 2.00. The fourth-order valence-corrected chi connectivity index (χ4v) is 3.82. The van der Waals surface area contributed by atoms with Gasteiger partial charge in [0.15, 0.2) is 0 Å². The maximum Gasteiger partial charge on any atom is 0.227 e. The fraction of sp³-hybridized carbons (Fsp3) is 0.938. The highest BCUT2D eigenvalue weighted by molar-refractivity contribution is 5.79. The Morgan fingerprint density at radius 3 is 2.26 bits per heavy atom. The SMILES string of the molecule is CC1CCCC(C(=O)N(C)C2CCCCCC2)C1N. The zero-order valence-electron chi connectivity index (χ0n) is 12.6. The maximum atomic E-state index is 12.7. The highest BCUT2D eigenvalue weighted by atomic mass is 16.2. The van der Waals surface area contributed by atoms with Crippen LogP contribution in [0, 0.1) is 11.8 Å². The molecule has 0 radical (unpaired) electrons. The molecule has 0 aliphatic heterocycles. The monoisotopic (exact) mass is 266 g/mol. The van der Waals surface area contributed by atoms with Gasteiger partial charge in [0.2, 0.25) is 5.91 Å². The van der Waals surface area contributed by atoms with Crippen molar-refractivity contribution in [2.45, 2.75) is 76.8 Å². The van der Waals surface area contributed by atoms with Gasteiger partial charge >= 0.3 is 0 Å². The quantitative estimate of drug-likeness (QED) is 0.781. The highest BCUT2D eigenvalue weighted by Crippen LogP contribution is 2.30. The minimum atomic E-state index is 0.0643. The normalized spacial score (nSPS) is 33.7. The first-order chi connectivity index (χ1) is 9.11. The van der Waals surface area contributed by atoms with Gasteiger partial charge in [-0.2, -0.15) is 0 Å². The molecule has 0 aromatic rings. The van der Waals surface area contributed by atoms with Crippen LogP contribution in [0.3, 0.4) is 0 Å². The van der Waals surface area contributed by atoms with Crippen molar-refractivity contribution < 1.29 is 4.79 Å². The Hall–Kier alpha value is -0.570. The van der Waals surface area contributed by atoms with Crippen LogP contribution in [0.1, 0.15) is 64.7 Å². The molecule has 0 bridgehead atoms. The second kappa shape index (κ2) is 6.74. The van der Waals surface area contributed by atoms with Crippen molar-refractivity contribution in [3.05, 3.63) is 0 Å². The molecule has 2 saturated carbocycles. The van der Waals surface area contributed by atoms with Crippen LogP contribution in [0.2, 0.25) is 0 Å². The van der Waals surface area contributed by atoms with Crippen molar-refractivity contribution in [1.82, 2.24) is 4.90 Å². The first kappa shape index (κ1) is 14.8. The molecule has 3 heteroatoms. The van der Waals surface area contributed by atoms with E-state index in [4.69, 9.17) is 5.73 Å². The van der Waals surface area contributed by atoms with Gasteiger partial charge in [-0.05, 0) is 31.6 Å². The van der Waals surface area contributed by atoms with Gasteiger partial charge in [-0.1, -0.05) is 39.0 Å². The molecule has 2 fully saturated rings. The Bertz CT molecular complexity index is 297. The van der Waals surface area contributed by atoms with Crippen molar-refractivity contribution in [1.29, 1.82) is 0 Å². The van der Waals surface area contributed by atoms with Crippen molar-refractivity contribution in [2.24, 2.45) is 17.6 Å². The van der Waals surface area contributed by atoms with Crippen LogP contribution in [0.15, 0.2) is 0 Å². The molecule has 3 atom stereocenters. The summed E-state index contributed by atoms with van der Waals surface area (Å²) in [6.45, 7) is 2.19. The summed E-state index contributed by atoms with van der Waals surface area (Å²) >= 11 is 0. The minimum Gasteiger partial charge on any atom is -0.342 e. The molecule has 0 aromatic heterocycles. The van der Waals surface area contributed by atoms with E-state index < -0.39 is 0 Å². The van der Waals surface area contributed by atoms with E-state index in [0.29, 0.717) is 17.9 Å². The van der Waals surface area contributed by atoms with Crippen molar-refractivity contribution >= 4 is 5.91 Å². The Morgan fingerprint density at radius 2 is 1.63 bits per heavy atom. The molecule has 19 heavy (non-hydrogen) atoms. The number of nitrogens with zero attached hydrogens (tertiary/aromatic N) is 1. The number of nitrogens with two attached hydrogens (primary N) is 1. The van der Waals surface area contributed by atoms with Crippen LogP contribution in [0.4, 0.5) is 0 Å². The van der Waals surface area contributed by atoms with Crippen molar-refractivity contribution in [3.63, 3.8) is 0 Å². The van der Waals surface area contributed by atoms with Gasteiger partial charge in [-0.3, -0.25) is 4.79 Å². The molecular formula is C16H30N2O. The molecular weight excluding hydrogens is 236 g/mol. The van der Waals surface area contributed by atoms with Crippen LogP contribution < -0.4 is 5.73 Å². The molecule has 2 rings (SSSR count). The molecule has 0 heterocycles. The average Bonchev–Trinajstić information content (AvgIpc) is 2.69. The second-order valence-corrected chi connectivity index (χ2v) is 6.69. The topological polar surface area (TPSA) is 46.3 Å². The van der Waals surface area contributed by atoms with Crippen LogP contribution in [-0.4, -0.2) is 29.9 Å². The summed E-state index contributed by atoms with van der Waals surface area (Å²) in [4.78, 5) is 14.7. The Morgan fingerprint density at radius 1 is 1.00 bits per heavy atom. The van der Waals surface area contributed by atoms with E-state index >= 15 is 0 Å². The van der Waals surface area contributed by atoms with E-state index in [9.17, 15) is 4.79 Å². The van der Waals surface area contributed by atoms with Gasteiger partial charge in [0.1, 0.15) is 0 Å². The second-order valence-electron chi connectivity index (χ2n) is 6.69. The van der Waals surface area contributed by atoms with Crippen molar-refractivity contribution in [2.75, 3.05) is 7.05 Å².